The Bertz CT molecular complexity index is 1920. The third-order valence-corrected chi connectivity index (χ3v) is 9.84. The number of pyridine rings is 1. The Kier molecular flexibility index (Phi) is 9.19. The number of amides is 2. The Hall–Kier alpha value is -5.11. The Balaban J connectivity index is 1.62. The summed E-state index contributed by atoms with van der Waals surface area (Å²) in [5.41, 5.74) is 6.92. The van der Waals surface area contributed by atoms with Crippen LogP contribution in [0.1, 0.15) is 43.0 Å². The summed E-state index contributed by atoms with van der Waals surface area (Å²) in [4.78, 5) is 31.6. The molecule has 4 aromatic rings. The molecule has 5 N–H and O–H groups in total. The molecule has 5 rings (SSSR count). The van der Waals surface area contributed by atoms with Crippen LogP contribution in [0.25, 0.3) is 10.8 Å². The number of hydrogen-bond acceptors (Lipinski definition) is 9. The van der Waals surface area contributed by atoms with Gasteiger partial charge in [-0.1, -0.05) is 6.92 Å². The second-order valence-electron chi connectivity index (χ2n) is 10.7. The zero-order chi connectivity index (χ0) is 33.2. The first kappa shape index (κ1) is 32.3. The Morgan fingerprint density at radius 1 is 1.09 bits per heavy atom. The van der Waals surface area contributed by atoms with Gasteiger partial charge in [0.1, 0.15) is 17.7 Å². The molecule has 2 heterocycles. The van der Waals surface area contributed by atoms with E-state index in [2.05, 4.69) is 15.6 Å². The Morgan fingerprint density at radius 3 is 2.50 bits per heavy atom. The van der Waals surface area contributed by atoms with Crippen molar-refractivity contribution < 1.29 is 37.0 Å². The summed E-state index contributed by atoms with van der Waals surface area (Å²) >= 11 is 0. The molecular formula is C32H34FN5O7S. The highest BCUT2D eigenvalue weighted by atomic mass is 32.2. The average molecular weight is 652 g/mol. The fourth-order valence-electron chi connectivity index (χ4n) is 5.79. The summed E-state index contributed by atoms with van der Waals surface area (Å²) < 4.78 is 52.8. The Labute approximate surface area is 265 Å². The smallest absolute Gasteiger partial charge is 0.409 e. The number of aromatic nitrogens is 1. The van der Waals surface area contributed by atoms with E-state index in [-0.39, 0.29) is 45.5 Å². The number of carbonyl (C=O) groups is 2. The molecule has 1 fully saturated rings. The molecular weight excluding hydrogens is 617 g/mol. The third-order valence-electron chi connectivity index (χ3n) is 8.04. The van der Waals surface area contributed by atoms with Crippen LogP contribution in [0.2, 0.25) is 0 Å². The van der Waals surface area contributed by atoms with Gasteiger partial charge in [-0.2, -0.15) is 0 Å². The molecule has 0 radical (unpaired) electrons. The number of nitrogens with one attached hydrogen (secondary N) is 2. The van der Waals surface area contributed by atoms with Crippen LogP contribution in [0.4, 0.5) is 26.4 Å². The maximum absolute atomic E-state index is 15.8. The van der Waals surface area contributed by atoms with E-state index in [1.54, 1.807) is 30.5 Å². The summed E-state index contributed by atoms with van der Waals surface area (Å²) in [6, 6.07) is 11.6. The van der Waals surface area contributed by atoms with Crippen LogP contribution in [-0.4, -0.2) is 61.9 Å². The lowest BCUT2D eigenvalue weighted by Crippen LogP contribution is -2.38. The van der Waals surface area contributed by atoms with Crippen LogP contribution >= 0.6 is 0 Å². The number of carboxylic acid groups (broad SMARTS) is 1. The molecule has 2 atom stereocenters. The normalized spacial score (nSPS) is 15.4. The number of sulfone groups is 1. The lowest BCUT2D eigenvalue weighted by atomic mass is 10.00. The van der Waals surface area contributed by atoms with Crippen LogP contribution in [0.3, 0.4) is 0 Å². The first-order valence-electron chi connectivity index (χ1n) is 14.5. The van der Waals surface area contributed by atoms with Gasteiger partial charge in [-0.15, -0.1) is 0 Å². The highest BCUT2D eigenvalue weighted by molar-refractivity contribution is 7.91. The van der Waals surface area contributed by atoms with Gasteiger partial charge in [0.2, 0.25) is 5.91 Å². The standard InChI is InChI=1S/C32H34FN5O7S/c1-4-46(42,43)28-10-8-20(37-32(40)41)15-23(28)25-6-5-13-38(25)31(39)29(22-16-26(44-2)27(45-3)17-24(22)33)36-19-7-9-21-18(14-19)11-12-35-30(21)34/h7-12,14-17,25,29,36-37H,4-6,13H2,1-3H3,(H2,34,35)(H,40,41)/t25-,29-/m1/s1. The number of nitrogens with two attached hydrogens (primary N) is 1. The predicted octanol–water partition coefficient (Wildman–Crippen LogP) is 5.37. The number of rotatable bonds is 10. The summed E-state index contributed by atoms with van der Waals surface area (Å²) in [5.74, 6) is -0.776. The molecule has 1 aliphatic heterocycles. The molecule has 0 aliphatic carbocycles. The highest BCUT2D eigenvalue weighted by Gasteiger charge is 2.38. The Morgan fingerprint density at radius 2 is 1.80 bits per heavy atom. The molecule has 242 valence electrons. The lowest BCUT2D eigenvalue weighted by Gasteiger charge is -2.31. The van der Waals surface area contributed by atoms with E-state index in [0.717, 1.165) is 11.5 Å². The summed E-state index contributed by atoms with van der Waals surface area (Å²) in [6.45, 7) is 1.76. The number of carbonyl (C=O) groups excluding carboxylic acids is 1. The molecule has 1 aromatic heterocycles. The van der Waals surface area contributed by atoms with Crippen molar-refractivity contribution in [1.82, 2.24) is 9.88 Å². The van der Waals surface area contributed by atoms with E-state index in [1.165, 1.54) is 50.3 Å². The third kappa shape index (κ3) is 6.33. The minimum absolute atomic E-state index is 0.00169. The number of fused-ring (bicyclic) bond motifs is 1. The summed E-state index contributed by atoms with van der Waals surface area (Å²) in [5, 5.41) is 16.2. The zero-order valence-corrected chi connectivity index (χ0v) is 26.2. The molecule has 2 amide bonds. The van der Waals surface area contributed by atoms with Crippen molar-refractivity contribution in [2.75, 3.05) is 42.9 Å². The monoisotopic (exact) mass is 651 g/mol. The second-order valence-corrected chi connectivity index (χ2v) is 13.0. The van der Waals surface area contributed by atoms with Gasteiger partial charge in [0.05, 0.1) is 30.9 Å². The quantitative estimate of drug-likeness (QED) is 0.175. The van der Waals surface area contributed by atoms with Crippen molar-refractivity contribution in [1.29, 1.82) is 0 Å². The van der Waals surface area contributed by atoms with E-state index in [9.17, 15) is 23.1 Å². The molecule has 46 heavy (non-hydrogen) atoms. The largest absolute Gasteiger partial charge is 0.493 e. The molecule has 3 aromatic carbocycles. The maximum atomic E-state index is 15.8. The second kappa shape index (κ2) is 13.1. The van der Waals surface area contributed by atoms with E-state index in [0.29, 0.717) is 29.7 Å². The van der Waals surface area contributed by atoms with Crippen molar-refractivity contribution in [3.63, 3.8) is 0 Å². The summed E-state index contributed by atoms with van der Waals surface area (Å²) in [6.07, 6.45) is 1.17. The van der Waals surface area contributed by atoms with Gasteiger partial charge in [0, 0.05) is 41.1 Å². The van der Waals surface area contributed by atoms with Crippen LogP contribution in [0, 0.1) is 5.82 Å². The van der Waals surface area contributed by atoms with Gasteiger partial charge < -0.3 is 30.5 Å². The fourth-order valence-corrected chi connectivity index (χ4v) is 6.93. The van der Waals surface area contributed by atoms with Crippen LogP contribution in [0.15, 0.2) is 65.7 Å². The number of hydrogen-bond donors (Lipinski definition) is 4. The topological polar surface area (TPSA) is 173 Å². The number of anilines is 3. The number of methoxy groups -OCH3 is 2. The summed E-state index contributed by atoms with van der Waals surface area (Å²) in [7, 11) is -0.993. The number of likely N-dealkylation sites (tertiary alicyclic amines) is 1. The van der Waals surface area contributed by atoms with Gasteiger partial charge in [-0.3, -0.25) is 10.1 Å². The first-order valence-corrected chi connectivity index (χ1v) is 16.1. The van der Waals surface area contributed by atoms with Crippen molar-refractivity contribution in [3.05, 3.63) is 77.7 Å². The molecule has 1 aliphatic rings. The van der Waals surface area contributed by atoms with E-state index >= 15 is 4.39 Å². The first-order chi connectivity index (χ1) is 22.0. The molecule has 14 heteroatoms. The van der Waals surface area contributed by atoms with Gasteiger partial charge in [-0.25, -0.2) is 22.6 Å². The van der Waals surface area contributed by atoms with Gasteiger partial charge in [0.25, 0.3) is 0 Å². The molecule has 0 bridgehead atoms. The number of halogens is 1. The molecule has 0 saturated carbocycles. The van der Waals surface area contributed by atoms with E-state index in [4.69, 9.17) is 15.2 Å². The number of benzene rings is 3. The zero-order valence-electron chi connectivity index (χ0n) is 25.4. The van der Waals surface area contributed by atoms with Crippen molar-refractivity contribution in [2.45, 2.75) is 36.7 Å². The van der Waals surface area contributed by atoms with E-state index < -0.39 is 39.7 Å². The number of ether oxygens (including phenoxy) is 2. The van der Waals surface area contributed by atoms with Crippen molar-refractivity contribution >= 4 is 49.8 Å². The molecule has 1 saturated heterocycles. The minimum Gasteiger partial charge on any atom is -0.493 e. The van der Waals surface area contributed by atoms with Crippen molar-refractivity contribution in [2.24, 2.45) is 0 Å². The minimum atomic E-state index is -3.76. The lowest BCUT2D eigenvalue weighted by molar-refractivity contribution is -0.133. The molecule has 0 unspecified atom stereocenters. The average Bonchev–Trinajstić information content (AvgIpc) is 3.53. The molecule has 12 nitrogen and oxygen atoms in total. The van der Waals surface area contributed by atoms with Gasteiger partial charge in [-0.05, 0) is 72.3 Å². The van der Waals surface area contributed by atoms with Crippen molar-refractivity contribution in [3.8, 4) is 11.5 Å². The highest BCUT2D eigenvalue weighted by Crippen LogP contribution is 2.41. The van der Waals surface area contributed by atoms with Crippen LogP contribution < -0.4 is 25.8 Å². The number of nitrogens with zero attached hydrogens (tertiary/aromatic N) is 2. The van der Waals surface area contributed by atoms with Crippen LogP contribution in [0.5, 0.6) is 11.5 Å². The molecule has 0 spiro atoms. The fraction of sp³-hybridized carbons (Fsp3) is 0.281. The van der Waals surface area contributed by atoms with Gasteiger partial charge in [0.15, 0.2) is 21.3 Å². The maximum Gasteiger partial charge on any atom is 0.409 e. The predicted molar refractivity (Wildman–Crippen MR) is 172 cm³/mol. The van der Waals surface area contributed by atoms with Crippen LogP contribution in [-0.2, 0) is 14.6 Å². The number of nitrogen functional groups attached to an aromatic ring is 1. The SMILES string of the molecule is CCS(=O)(=O)c1ccc(NC(=O)O)cc1[C@H]1CCCN1C(=O)[C@H](Nc1ccc2c(N)nccc2c1)c1cc(OC)c(OC)cc1F. The van der Waals surface area contributed by atoms with E-state index in [1.807, 2.05) is 0 Å². The van der Waals surface area contributed by atoms with Gasteiger partial charge >= 0.3 is 6.09 Å².